The predicted molar refractivity (Wildman–Crippen MR) is 154 cm³/mol. The number of phenols is 3. The van der Waals surface area contributed by atoms with Crippen LogP contribution in [0.4, 0.5) is 0 Å². The van der Waals surface area contributed by atoms with Gasteiger partial charge in [-0.2, -0.15) is 0 Å². The van der Waals surface area contributed by atoms with E-state index in [0.717, 1.165) is 6.07 Å². The fourth-order valence-electron chi connectivity index (χ4n) is 5.75. The Labute approximate surface area is 246 Å². The molecule has 0 saturated heterocycles. The van der Waals surface area contributed by atoms with Crippen LogP contribution in [0.15, 0.2) is 28.4 Å². The number of carbonyl (C=O) groups is 6. The highest BCUT2D eigenvalue weighted by molar-refractivity contribution is 6.38. The van der Waals surface area contributed by atoms with E-state index in [9.17, 15) is 44.1 Å². The van der Waals surface area contributed by atoms with Crippen molar-refractivity contribution in [2.75, 3.05) is 13.6 Å². The number of likely N-dealkylation sites (N-methyl/N-ethyl adjacent to an activating group) is 1. The summed E-state index contributed by atoms with van der Waals surface area (Å²) in [6, 6.07) is 1.05. The number of hydrogen-bond donors (Lipinski definition) is 4. The molecule has 0 fully saturated rings. The average molecular weight is 590 g/mol. The number of hydrogen-bond acceptors (Lipinski definition) is 11. The third kappa shape index (κ3) is 4.56. The van der Waals surface area contributed by atoms with Crippen LogP contribution in [0, 0.1) is 0 Å². The SMILES string of the molecule is CNCC(=O)Oc1cc2c(c(C(C)C)c1O)C(=O)C(C)=C(C1=C(C)C(=O)c3c(c(C=O)c(O)c(O)c3C(C)C)C1=O)C2=O. The van der Waals surface area contributed by atoms with Gasteiger partial charge >= 0.3 is 5.97 Å². The first-order valence-electron chi connectivity index (χ1n) is 13.5. The third-order valence-corrected chi connectivity index (χ3v) is 7.70. The number of allylic oxidation sites excluding steroid dienone is 4. The van der Waals surface area contributed by atoms with E-state index in [1.807, 2.05) is 0 Å². The molecule has 0 radical (unpaired) electrons. The molecule has 0 unspecified atom stereocenters. The molecule has 43 heavy (non-hydrogen) atoms. The first kappa shape index (κ1) is 31.0. The van der Waals surface area contributed by atoms with Crippen molar-refractivity contribution >= 4 is 35.4 Å². The molecule has 2 aromatic carbocycles. The quantitative estimate of drug-likeness (QED) is 0.158. The van der Waals surface area contributed by atoms with Gasteiger partial charge in [-0.3, -0.25) is 28.8 Å². The summed E-state index contributed by atoms with van der Waals surface area (Å²) in [5.74, 6) is -7.56. The van der Waals surface area contributed by atoms with Crippen molar-refractivity contribution in [2.24, 2.45) is 0 Å². The molecule has 0 bridgehead atoms. The Morgan fingerprint density at radius 1 is 0.791 bits per heavy atom. The van der Waals surface area contributed by atoms with Gasteiger partial charge in [-0.25, -0.2) is 0 Å². The van der Waals surface area contributed by atoms with Crippen molar-refractivity contribution < 1.29 is 48.8 Å². The predicted octanol–water partition coefficient (Wildman–Crippen LogP) is 4.08. The van der Waals surface area contributed by atoms with Crippen LogP contribution < -0.4 is 10.1 Å². The van der Waals surface area contributed by atoms with Gasteiger partial charge in [0.05, 0.1) is 12.1 Å². The summed E-state index contributed by atoms with van der Waals surface area (Å²) < 4.78 is 5.28. The molecular formula is C32H31NO10. The number of ether oxygens (including phenoxy) is 1. The second-order valence-corrected chi connectivity index (χ2v) is 11.1. The van der Waals surface area contributed by atoms with E-state index in [1.54, 1.807) is 27.7 Å². The molecule has 4 rings (SSSR count). The summed E-state index contributed by atoms with van der Waals surface area (Å²) in [5, 5.41) is 34.8. The molecule has 0 aromatic heterocycles. The van der Waals surface area contributed by atoms with Crippen molar-refractivity contribution in [3.8, 4) is 23.0 Å². The van der Waals surface area contributed by atoms with Crippen molar-refractivity contribution in [1.82, 2.24) is 5.32 Å². The van der Waals surface area contributed by atoms with Crippen LogP contribution in [0.25, 0.3) is 0 Å². The number of nitrogens with one attached hydrogen (secondary N) is 1. The van der Waals surface area contributed by atoms with Crippen LogP contribution in [-0.4, -0.2) is 64.3 Å². The lowest BCUT2D eigenvalue weighted by atomic mass is 9.71. The maximum absolute atomic E-state index is 14.2. The Bertz CT molecular complexity index is 1750. The number of esters is 1. The first-order valence-corrected chi connectivity index (χ1v) is 13.5. The van der Waals surface area contributed by atoms with E-state index in [-0.39, 0.29) is 57.5 Å². The number of aromatic hydroxyl groups is 3. The third-order valence-electron chi connectivity index (χ3n) is 7.70. The van der Waals surface area contributed by atoms with Crippen molar-refractivity contribution in [2.45, 2.75) is 53.4 Å². The highest BCUT2D eigenvalue weighted by Gasteiger charge is 2.44. The van der Waals surface area contributed by atoms with Gasteiger partial charge in [-0.05, 0) is 38.8 Å². The van der Waals surface area contributed by atoms with Gasteiger partial charge in [0.2, 0.25) is 0 Å². The summed E-state index contributed by atoms with van der Waals surface area (Å²) in [6.07, 6.45) is 0.134. The normalized spacial score (nSPS) is 15.0. The molecule has 0 amide bonds. The van der Waals surface area contributed by atoms with Crippen molar-refractivity contribution in [1.29, 1.82) is 0 Å². The smallest absolute Gasteiger partial charge is 0.325 e. The molecule has 2 aliphatic rings. The number of fused-ring (bicyclic) bond motifs is 2. The van der Waals surface area contributed by atoms with Crippen LogP contribution in [-0.2, 0) is 4.79 Å². The summed E-state index contributed by atoms with van der Waals surface area (Å²) in [4.78, 5) is 80.3. The van der Waals surface area contributed by atoms with Gasteiger partial charge in [0.1, 0.15) is 0 Å². The minimum absolute atomic E-state index is 0.0398. The van der Waals surface area contributed by atoms with E-state index in [0.29, 0.717) is 0 Å². The maximum Gasteiger partial charge on any atom is 0.325 e. The fourth-order valence-corrected chi connectivity index (χ4v) is 5.75. The maximum atomic E-state index is 14.2. The van der Waals surface area contributed by atoms with Gasteiger partial charge in [-0.15, -0.1) is 0 Å². The standard InChI is InChI=1S/C32H31NO10/c1-11(2)19-23-15(8-17(30(19)40)43-18(35)9-33-7)28(38)21(13(5)26(23)36)22-14(6)27(37)25-20(12(3)4)32(42)29(39)16(10-34)24(25)31(22)41/h8,10-12,33,39-40,42H,9H2,1-7H3. The summed E-state index contributed by atoms with van der Waals surface area (Å²) in [5.41, 5.74) is -2.95. The van der Waals surface area contributed by atoms with Gasteiger partial charge in [0.25, 0.3) is 0 Å². The second-order valence-electron chi connectivity index (χ2n) is 11.1. The second kappa shape index (κ2) is 11.1. The molecule has 224 valence electrons. The Morgan fingerprint density at radius 3 is 1.81 bits per heavy atom. The van der Waals surface area contributed by atoms with Gasteiger partial charge in [0, 0.05) is 55.7 Å². The van der Waals surface area contributed by atoms with Crippen molar-refractivity contribution in [3.05, 3.63) is 67.3 Å². The molecule has 4 N–H and O–H groups in total. The lowest BCUT2D eigenvalue weighted by Gasteiger charge is -2.29. The van der Waals surface area contributed by atoms with E-state index in [1.165, 1.54) is 20.9 Å². The van der Waals surface area contributed by atoms with Crippen LogP contribution in [0.5, 0.6) is 23.0 Å². The Balaban J connectivity index is 2.03. The lowest BCUT2D eigenvalue weighted by molar-refractivity contribution is -0.133. The zero-order chi connectivity index (χ0) is 32.2. The van der Waals surface area contributed by atoms with E-state index >= 15 is 0 Å². The van der Waals surface area contributed by atoms with Crippen LogP contribution in [0.1, 0.15) is 116 Å². The Morgan fingerprint density at radius 2 is 1.30 bits per heavy atom. The number of Topliss-reactive ketones (excluding diaryl/α,β-unsaturated/α-hetero) is 4. The molecular weight excluding hydrogens is 558 g/mol. The van der Waals surface area contributed by atoms with Gasteiger partial charge in [-0.1, -0.05) is 27.7 Å². The van der Waals surface area contributed by atoms with Crippen LogP contribution in [0.3, 0.4) is 0 Å². The minimum atomic E-state index is -0.964. The highest BCUT2D eigenvalue weighted by atomic mass is 16.5. The topological polar surface area (TPSA) is 184 Å². The molecule has 2 aromatic rings. The number of ketones is 4. The Hall–Kier alpha value is -4.90. The molecule has 2 aliphatic carbocycles. The molecule has 11 heteroatoms. The number of rotatable bonds is 7. The molecule has 11 nitrogen and oxygen atoms in total. The largest absolute Gasteiger partial charge is 0.504 e. The lowest BCUT2D eigenvalue weighted by Crippen LogP contribution is -2.31. The van der Waals surface area contributed by atoms with Crippen LogP contribution in [0.2, 0.25) is 0 Å². The van der Waals surface area contributed by atoms with Gasteiger partial charge in [0.15, 0.2) is 52.4 Å². The zero-order valence-corrected chi connectivity index (χ0v) is 24.7. The molecule has 0 atom stereocenters. The summed E-state index contributed by atoms with van der Waals surface area (Å²) >= 11 is 0. The Kier molecular flexibility index (Phi) is 7.99. The first-order chi connectivity index (χ1) is 20.1. The van der Waals surface area contributed by atoms with E-state index in [2.05, 4.69) is 5.32 Å². The zero-order valence-electron chi connectivity index (χ0n) is 24.7. The number of aldehydes is 1. The summed E-state index contributed by atoms with van der Waals surface area (Å²) in [6.45, 7) is 8.97. The van der Waals surface area contributed by atoms with E-state index in [4.69, 9.17) is 4.74 Å². The molecule has 0 heterocycles. The van der Waals surface area contributed by atoms with Crippen LogP contribution >= 0.6 is 0 Å². The molecule has 0 saturated carbocycles. The fraction of sp³-hybridized carbons (Fsp3) is 0.312. The van der Waals surface area contributed by atoms with Gasteiger partial charge < -0.3 is 25.4 Å². The molecule has 0 spiro atoms. The van der Waals surface area contributed by atoms with Crippen molar-refractivity contribution in [3.63, 3.8) is 0 Å². The monoisotopic (exact) mass is 589 g/mol. The number of benzene rings is 2. The highest BCUT2D eigenvalue weighted by Crippen LogP contribution is 2.48. The number of carbonyl (C=O) groups excluding carboxylic acids is 6. The number of phenolic OH excluding ortho intramolecular Hbond substituents is 3. The summed E-state index contributed by atoms with van der Waals surface area (Å²) in [7, 11) is 1.51. The molecule has 0 aliphatic heterocycles. The average Bonchev–Trinajstić information content (AvgIpc) is 2.93. The minimum Gasteiger partial charge on any atom is -0.504 e. The van der Waals surface area contributed by atoms with E-state index < -0.39 is 80.5 Å².